The number of fused-ring (bicyclic) bond motifs is 1. The predicted molar refractivity (Wildman–Crippen MR) is 75.5 cm³/mol. The third-order valence-electron chi connectivity index (χ3n) is 4.52. The van der Waals surface area contributed by atoms with Crippen molar-refractivity contribution in [1.29, 1.82) is 0 Å². The summed E-state index contributed by atoms with van der Waals surface area (Å²) >= 11 is 0. The van der Waals surface area contributed by atoms with Crippen molar-refractivity contribution in [3.63, 3.8) is 0 Å². The Morgan fingerprint density at radius 2 is 2.11 bits per heavy atom. The molecule has 2 nitrogen and oxygen atoms in total. The number of ether oxygens (including phenoxy) is 1. The molecule has 1 heterocycles. The lowest BCUT2D eigenvalue weighted by atomic mass is 9.79. The molecule has 3 rings (SSSR count). The van der Waals surface area contributed by atoms with Gasteiger partial charge < -0.3 is 10.1 Å². The molecule has 98 valence electrons. The van der Waals surface area contributed by atoms with Crippen molar-refractivity contribution in [3.8, 4) is 5.75 Å². The molecule has 1 atom stereocenters. The fourth-order valence-corrected chi connectivity index (χ4v) is 3.73. The molecular weight excluding hydrogens is 222 g/mol. The van der Waals surface area contributed by atoms with Gasteiger partial charge in [-0.15, -0.1) is 0 Å². The second-order valence-electron chi connectivity index (χ2n) is 5.90. The molecule has 1 aromatic carbocycles. The van der Waals surface area contributed by atoms with Gasteiger partial charge in [0.2, 0.25) is 0 Å². The highest BCUT2D eigenvalue weighted by Gasteiger charge is 2.39. The number of hydrogen-bond acceptors (Lipinski definition) is 2. The lowest BCUT2D eigenvalue weighted by Crippen LogP contribution is -2.40. The minimum atomic E-state index is 0.388. The molecule has 0 bridgehead atoms. The van der Waals surface area contributed by atoms with Crippen molar-refractivity contribution in [2.24, 2.45) is 0 Å². The van der Waals surface area contributed by atoms with Crippen LogP contribution < -0.4 is 10.1 Å². The van der Waals surface area contributed by atoms with Gasteiger partial charge in [-0.05, 0) is 55.9 Å². The normalized spacial score (nSPS) is 24.7. The first-order valence-corrected chi connectivity index (χ1v) is 7.27. The molecule has 0 amide bonds. The third-order valence-corrected chi connectivity index (χ3v) is 4.52. The standard InChI is InChI=1S/C16H23NO/c1-3-18-13-6-7-15-14(10-13)12(2)11-16(17-15)8-4-5-9-16/h6-7,10,12,17H,3-5,8-9,11H2,1-2H3. The Morgan fingerprint density at radius 3 is 2.83 bits per heavy atom. The monoisotopic (exact) mass is 245 g/mol. The molecule has 2 aliphatic rings. The first-order chi connectivity index (χ1) is 8.72. The topological polar surface area (TPSA) is 21.3 Å². The molecule has 0 saturated heterocycles. The van der Waals surface area contributed by atoms with Crippen LogP contribution in [0.2, 0.25) is 0 Å². The first-order valence-electron chi connectivity index (χ1n) is 7.27. The van der Waals surface area contributed by atoms with Crippen LogP contribution in [-0.2, 0) is 0 Å². The Hall–Kier alpha value is -1.18. The second kappa shape index (κ2) is 4.49. The van der Waals surface area contributed by atoms with E-state index in [-0.39, 0.29) is 0 Å². The summed E-state index contributed by atoms with van der Waals surface area (Å²) in [6.45, 7) is 5.13. The summed E-state index contributed by atoms with van der Waals surface area (Å²) in [6.07, 6.45) is 6.71. The summed E-state index contributed by atoms with van der Waals surface area (Å²) in [4.78, 5) is 0. The van der Waals surface area contributed by atoms with Crippen molar-refractivity contribution in [2.45, 2.75) is 57.4 Å². The molecule has 2 heteroatoms. The van der Waals surface area contributed by atoms with Gasteiger partial charge in [0.1, 0.15) is 5.75 Å². The Morgan fingerprint density at radius 1 is 1.33 bits per heavy atom. The van der Waals surface area contributed by atoms with Crippen LogP contribution in [0.5, 0.6) is 5.75 Å². The van der Waals surface area contributed by atoms with Crippen LogP contribution in [-0.4, -0.2) is 12.1 Å². The molecule has 18 heavy (non-hydrogen) atoms. The highest BCUT2D eigenvalue weighted by atomic mass is 16.5. The van der Waals surface area contributed by atoms with Crippen molar-refractivity contribution in [2.75, 3.05) is 11.9 Å². The maximum atomic E-state index is 5.61. The quantitative estimate of drug-likeness (QED) is 0.838. The zero-order valence-corrected chi connectivity index (χ0v) is 11.5. The summed E-state index contributed by atoms with van der Waals surface area (Å²) in [5.74, 6) is 1.65. The fourth-order valence-electron chi connectivity index (χ4n) is 3.73. The summed E-state index contributed by atoms with van der Waals surface area (Å²) in [5.41, 5.74) is 3.15. The van der Waals surface area contributed by atoms with E-state index in [9.17, 15) is 0 Å². The van der Waals surface area contributed by atoms with Gasteiger partial charge in [0.15, 0.2) is 0 Å². The molecule has 1 aromatic rings. The van der Waals surface area contributed by atoms with Crippen molar-refractivity contribution >= 4 is 5.69 Å². The maximum absolute atomic E-state index is 5.61. The minimum absolute atomic E-state index is 0.388. The van der Waals surface area contributed by atoms with Crippen LogP contribution in [0.15, 0.2) is 18.2 Å². The minimum Gasteiger partial charge on any atom is -0.494 e. The van der Waals surface area contributed by atoms with E-state index in [1.54, 1.807) is 0 Å². The average molecular weight is 245 g/mol. The summed E-state index contributed by atoms with van der Waals surface area (Å²) in [6, 6.07) is 6.52. The highest BCUT2D eigenvalue weighted by molar-refractivity contribution is 5.59. The lowest BCUT2D eigenvalue weighted by molar-refractivity contribution is 0.338. The number of hydrogen-bond donors (Lipinski definition) is 1. The van der Waals surface area contributed by atoms with Gasteiger partial charge in [-0.1, -0.05) is 19.8 Å². The molecular formula is C16H23NO. The smallest absolute Gasteiger partial charge is 0.119 e. The van der Waals surface area contributed by atoms with E-state index in [1.807, 2.05) is 6.92 Å². The number of benzene rings is 1. The number of rotatable bonds is 2. The number of nitrogens with one attached hydrogen (secondary N) is 1. The number of anilines is 1. The van der Waals surface area contributed by atoms with E-state index in [4.69, 9.17) is 4.74 Å². The van der Waals surface area contributed by atoms with E-state index in [1.165, 1.54) is 43.4 Å². The molecule has 1 unspecified atom stereocenters. The van der Waals surface area contributed by atoms with Gasteiger partial charge in [-0.2, -0.15) is 0 Å². The average Bonchev–Trinajstić information content (AvgIpc) is 2.78. The van der Waals surface area contributed by atoms with Gasteiger partial charge in [0.05, 0.1) is 6.61 Å². The zero-order chi connectivity index (χ0) is 12.6. The van der Waals surface area contributed by atoms with Crippen molar-refractivity contribution in [3.05, 3.63) is 23.8 Å². The van der Waals surface area contributed by atoms with Crippen molar-refractivity contribution < 1.29 is 4.74 Å². The molecule has 1 aliphatic heterocycles. The van der Waals surface area contributed by atoms with Crippen LogP contribution in [0.4, 0.5) is 5.69 Å². The lowest BCUT2D eigenvalue weighted by Gasteiger charge is -2.40. The summed E-state index contributed by atoms with van der Waals surface area (Å²) < 4.78 is 5.61. The fraction of sp³-hybridized carbons (Fsp3) is 0.625. The molecule has 0 aromatic heterocycles. The van der Waals surface area contributed by atoms with Crippen LogP contribution >= 0.6 is 0 Å². The Labute approximate surface area is 110 Å². The van der Waals surface area contributed by atoms with E-state index in [0.29, 0.717) is 11.5 Å². The maximum Gasteiger partial charge on any atom is 0.119 e. The molecule has 1 spiro atoms. The van der Waals surface area contributed by atoms with Crippen LogP contribution in [0.1, 0.15) is 57.4 Å². The molecule has 1 fully saturated rings. The van der Waals surface area contributed by atoms with Gasteiger partial charge >= 0.3 is 0 Å². The van der Waals surface area contributed by atoms with Crippen LogP contribution in [0, 0.1) is 0 Å². The third kappa shape index (κ3) is 1.98. The van der Waals surface area contributed by atoms with E-state index in [2.05, 4.69) is 30.4 Å². The summed E-state index contributed by atoms with van der Waals surface area (Å²) in [7, 11) is 0. The Balaban J connectivity index is 1.90. The van der Waals surface area contributed by atoms with E-state index >= 15 is 0 Å². The molecule has 1 aliphatic carbocycles. The van der Waals surface area contributed by atoms with Gasteiger partial charge in [0.25, 0.3) is 0 Å². The van der Waals surface area contributed by atoms with Crippen LogP contribution in [0.25, 0.3) is 0 Å². The second-order valence-corrected chi connectivity index (χ2v) is 5.90. The SMILES string of the molecule is CCOc1ccc2c(c1)C(C)CC1(CCCC1)N2. The highest BCUT2D eigenvalue weighted by Crippen LogP contribution is 2.46. The van der Waals surface area contributed by atoms with Crippen LogP contribution in [0.3, 0.4) is 0 Å². The Bertz CT molecular complexity index is 435. The molecule has 0 radical (unpaired) electrons. The molecule has 1 saturated carbocycles. The predicted octanol–water partition coefficient (Wildman–Crippen LogP) is 4.32. The van der Waals surface area contributed by atoms with E-state index < -0.39 is 0 Å². The molecule has 1 N–H and O–H groups in total. The van der Waals surface area contributed by atoms with Gasteiger partial charge in [-0.25, -0.2) is 0 Å². The zero-order valence-electron chi connectivity index (χ0n) is 11.5. The van der Waals surface area contributed by atoms with E-state index in [0.717, 1.165) is 12.4 Å². The largest absolute Gasteiger partial charge is 0.494 e. The Kier molecular flexibility index (Phi) is 2.96. The first kappa shape index (κ1) is 11.9. The van der Waals surface area contributed by atoms with Crippen molar-refractivity contribution in [1.82, 2.24) is 0 Å². The van der Waals surface area contributed by atoms with Gasteiger partial charge in [-0.3, -0.25) is 0 Å². The van der Waals surface area contributed by atoms with Gasteiger partial charge in [0, 0.05) is 11.2 Å². The summed E-state index contributed by atoms with van der Waals surface area (Å²) in [5, 5.41) is 3.82.